The van der Waals surface area contributed by atoms with Gasteiger partial charge in [0.05, 0.1) is 22.3 Å². The maximum absolute atomic E-state index is 12.3. The van der Waals surface area contributed by atoms with E-state index < -0.39 is 10.0 Å². The number of hydrogen-bond acceptors (Lipinski definition) is 4. The van der Waals surface area contributed by atoms with Crippen molar-refractivity contribution < 1.29 is 13.5 Å². The van der Waals surface area contributed by atoms with E-state index in [2.05, 4.69) is 4.72 Å². The number of nitriles is 1. The number of aryl methyl sites for hydroxylation is 1. The molecule has 0 aliphatic rings. The number of phenols is 1. The van der Waals surface area contributed by atoms with Gasteiger partial charge >= 0.3 is 0 Å². The normalized spacial score (nSPS) is 10.9. The Morgan fingerprint density at radius 1 is 1.29 bits per heavy atom. The van der Waals surface area contributed by atoms with Gasteiger partial charge in [-0.3, -0.25) is 4.72 Å². The van der Waals surface area contributed by atoms with Crippen molar-refractivity contribution in [1.29, 1.82) is 5.26 Å². The van der Waals surface area contributed by atoms with E-state index in [0.717, 1.165) is 0 Å². The SMILES string of the molecule is Cc1cccc(O)c1NS(=O)(=O)c1ccc(C#N)cc1Cl. The fraction of sp³-hybridized carbons (Fsp3) is 0.0714. The molecule has 108 valence electrons. The standard InChI is InChI=1S/C14H11ClN2O3S/c1-9-3-2-4-12(18)14(9)17-21(19,20)13-6-5-10(8-16)7-11(13)15/h2-7,17-18H,1H3. The van der Waals surface area contributed by atoms with E-state index >= 15 is 0 Å². The topological polar surface area (TPSA) is 90.2 Å². The van der Waals surface area contributed by atoms with Gasteiger partial charge in [-0.1, -0.05) is 23.7 Å². The number of aromatic hydroxyl groups is 1. The molecule has 0 aliphatic heterocycles. The molecule has 0 amide bonds. The Morgan fingerprint density at radius 2 is 2.00 bits per heavy atom. The summed E-state index contributed by atoms with van der Waals surface area (Å²) in [4.78, 5) is -0.161. The van der Waals surface area contributed by atoms with E-state index in [9.17, 15) is 13.5 Å². The van der Waals surface area contributed by atoms with E-state index in [4.69, 9.17) is 16.9 Å². The van der Waals surface area contributed by atoms with E-state index in [1.807, 2.05) is 6.07 Å². The zero-order valence-electron chi connectivity index (χ0n) is 11.0. The Morgan fingerprint density at radius 3 is 2.57 bits per heavy atom. The summed E-state index contributed by atoms with van der Waals surface area (Å²) < 4.78 is 27.0. The third kappa shape index (κ3) is 3.10. The molecule has 0 spiro atoms. The molecular formula is C14H11ClN2O3S. The van der Waals surface area contributed by atoms with Gasteiger partial charge in [0.2, 0.25) is 0 Å². The lowest BCUT2D eigenvalue weighted by molar-refractivity contribution is 0.477. The van der Waals surface area contributed by atoms with Crippen molar-refractivity contribution in [2.45, 2.75) is 11.8 Å². The summed E-state index contributed by atoms with van der Waals surface area (Å²) in [5.41, 5.74) is 0.930. The number of nitrogens with zero attached hydrogens (tertiary/aromatic N) is 1. The van der Waals surface area contributed by atoms with E-state index in [1.165, 1.54) is 24.3 Å². The van der Waals surface area contributed by atoms with Crippen molar-refractivity contribution in [3.05, 3.63) is 52.5 Å². The number of anilines is 1. The number of sulfonamides is 1. The molecule has 0 heterocycles. The first-order chi connectivity index (χ1) is 9.85. The second-order valence-corrected chi connectivity index (χ2v) is 6.39. The molecule has 2 aromatic carbocycles. The zero-order valence-corrected chi connectivity index (χ0v) is 12.5. The maximum Gasteiger partial charge on any atom is 0.263 e. The molecule has 5 nitrogen and oxygen atoms in total. The van der Waals surface area contributed by atoms with Crippen molar-refractivity contribution in [3.63, 3.8) is 0 Å². The highest BCUT2D eigenvalue weighted by Crippen LogP contribution is 2.31. The summed E-state index contributed by atoms with van der Waals surface area (Å²) >= 11 is 5.91. The van der Waals surface area contributed by atoms with Crippen LogP contribution in [0.15, 0.2) is 41.3 Å². The lowest BCUT2D eigenvalue weighted by Crippen LogP contribution is -2.14. The average molecular weight is 323 g/mol. The van der Waals surface area contributed by atoms with Crippen LogP contribution in [0.4, 0.5) is 5.69 Å². The zero-order chi connectivity index (χ0) is 15.6. The van der Waals surface area contributed by atoms with Gasteiger partial charge in [-0.25, -0.2) is 8.42 Å². The Labute approximate surface area is 127 Å². The maximum atomic E-state index is 12.3. The van der Waals surface area contributed by atoms with Gasteiger partial charge in [0, 0.05) is 0 Å². The van der Waals surface area contributed by atoms with Gasteiger partial charge in [0.25, 0.3) is 10.0 Å². The van der Waals surface area contributed by atoms with Crippen molar-refractivity contribution in [2.24, 2.45) is 0 Å². The molecule has 2 rings (SSSR count). The van der Waals surface area contributed by atoms with E-state index in [1.54, 1.807) is 19.1 Å². The van der Waals surface area contributed by atoms with Crippen LogP contribution in [0.5, 0.6) is 5.75 Å². The van der Waals surface area contributed by atoms with Gasteiger partial charge in [-0.2, -0.15) is 5.26 Å². The minimum atomic E-state index is -3.97. The molecule has 0 unspecified atom stereocenters. The summed E-state index contributed by atoms with van der Waals surface area (Å²) in [6.45, 7) is 1.66. The van der Waals surface area contributed by atoms with Crippen LogP contribution in [-0.2, 0) is 10.0 Å². The minimum Gasteiger partial charge on any atom is -0.506 e. The number of rotatable bonds is 3. The number of benzene rings is 2. The largest absolute Gasteiger partial charge is 0.506 e. The lowest BCUT2D eigenvalue weighted by Gasteiger charge is -2.13. The molecule has 21 heavy (non-hydrogen) atoms. The first-order valence-electron chi connectivity index (χ1n) is 5.86. The van der Waals surface area contributed by atoms with E-state index in [0.29, 0.717) is 5.56 Å². The van der Waals surface area contributed by atoms with Gasteiger partial charge in [0.15, 0.2) is 0 Å². The third-order valence-electron chi connectivity index (χ3n) is 2.84. The fourth-order valence-electron chi connectivity index (χ4n) is 1.76. The van der Waals surface area contributed by atoms with Gasteiger partial charge in [-0.05, 0) is 36.8 Å². The Balaban J connectivity index is 2.47. The highest BCUT2D eigenvalue weighted by atomic mass is 35.5. The number of phenolic OH excluding ortho intramolecular Hbond substituents is 1. The molecule has 0 aromatic heterocycles. The second kappa shape index (κ2) is 5.64. The molecule has 0 saturated carbocycles. The molecule has 0 radical (unpaired) electrons. The van der Waals surface area contributed by atoms with Crippen LogP contribution in [-0.4, -0.2) is 13.5 Å². The third-order valence-corrected chi connectivity index (χ3v) is 4.67. The predicted molar refractivity (Wildman–Crippen MR) is 79.8 cm³/mol. The average Bonchev–Trinajstić information content (AvgIpc) is 2.42. The number of halogens is 1. The molecule has 2 N–H and O–H groups in total. The van der Waals surface area contributed by atoms with Crippen LogP contribution in [0.1, 0.15) is 11.1 Å². The quantitative estimate of drug-likeness (QED) is 0.850. The monoisotopic (exact) mass is 322 g/mol. The van der Waals surface area contributed by atoms with Crippen molar-refractivity contribution >= 4 is 27.3 Å². The molecule has 0 atom stereocenters. The van der Waals surface area contributed by atoms with Crippen molar-refractivity contribution in [1.82, 2.24) is 0 Å². The summed E-state index contributed by atoms with van der Waals surface area (Å²) in [5.74, 6) is -0.177. The number of para-hydroxylation sites is 1. The molecule has 0 fully saturated rings. The second-order valence-electron chi connectivity index (χ2n) is 4.33. The Hall–Kier alpha value is -2.23. The summed E-state index contributed by atoms with van der Waals surface area (Å²) in [6.07, 6.45) is 0. The Kier molecular flexibility index (Phi) is 4.07. The van der Waals surface area contributed by atoms with Crippen LogP contribution in [0.3, 0.4) is 0 Å². The van der Waals surface area contributed by atoms with Crippen molar-refractivity contribution in [2.75, 3.05) is 4.72 Å². The highest BCUT2D eigenvalue weighted by molar-refractivity contribution is 7.92. The molecular weight excluding hydrogens is 312 g/mol. The molecule has 0 aliphatic carbocycles. The molecule has 2 aromatic rings. The van der Waals surface area contributed by atoms with Gasteiger partial charge < -0.3 is 5.11 Å². The van der Waals surface area contributed by atoms with Crippen LogP contribution >= 0.6 is 11.6 Å². The Bertz CT molecular complexity index is 822. The summed E-state index contributed by atoms with van der Waals surface area (Å²) in [7, 11) is -3.97. The molecule has 0 saturated heterocycles. The highest BCUT2D eigenvalue weighted by Gasteiger charge is 2.20. The first kappa shape index (κ1) is 15.2. The number of hydrogen-bond donors (Lipinski definition) is 2. The summed E-state index contributed by atoms with van der Waals surface area (Å²) in [5, 5.41) is 18.4. The van der Waals surface area contributed by atoms with Gasteiger partial charge in [0.1, 0.15) is 10.6 Å². The predicted octanol–water partition coefficient (Wildman–Crippen LogP) is 3.03. The fourth-order valence-corrected chi connectivity index (χ4v) is 3.46. The minimum absolute atomic E-state index is 0.0605. The van der Waals surface area contributed by atoms with E-state index in [-0.39, 0.29) is 26.9 Å². The summed E-state index contributed by atoms with van der Waals surface area (Å²) in [6, 6.07) is 10.4. The molecule has 7 heteroatoms. The van der Waals surface area contributed by atoms with Crippen LogP contribution in [0, 0.1) is 18.3 Å². The molecule has 0 bridgehead atoms. The first-order valence-corrected chi connectivity index (χ1v) is 7.72. The van der Waals surface area contributed by atoms with Crippen LogP contribution < -0.4 is 4.72 Å². The van der Waals surface area contributed by atoms with Crippen molar-refractivity contribution in [3.8, 4) is 11.8 Å². The van der Waals surface area contributed by atoms with Gasteiger partial charge in [-0.15, -0.1) is 0 Å². The van der Waals surface area contributed by atoms with Crippen LogP contribution in [0.2, 0.25) is 5.02 Å². The van der Waals surface area contributed by atoms with Crippen LogP contribution in [0.25, 0.3) is 0 Å². The number of nitrogens with one attached hydrogen (secondary N) is 1. The lowest BCUT2D eigenvalue weighted by atomic mass is 10.2. The smallest absolute Gasteiger partial charge is 0.263 e.